The third-order valence-corrected chi connectivity index (χ3v) is 3.18. The van der Waals surface area contributed by atoms with E-state index in [1.54, 1.807) is 24.3 Å². The van der Waals surface area contributed by atoms with Gasteiger partial charge in [0.25, 0.3) is 0 Å². The molecule has 4 N–H and O–H groups in total. The molecule has 1 aliphatic rings. The molecular weight excluding hydrogens is 216 g/mol. The average molecular weight is 234 g/mol. The van der Waals surface area contributed by atoms with Gasteiger partial charge in [0.2, 0.25) is 5.91 Å². The highest BCUT2D eigenvalue weighted by molar-refractivity contribution is 5.82. The number of hydrogen-bond acceptors (Lipinski definition) is 3. The van der Waals surface area contributed by atoms with E-state index < -0.39 is 6.04 Å². The summed E-state index contributed by atoms with van der Waals surface area (Å²) in [6.45, 7) is 0. The van der Waals surface area contributed by atoms with Crippen molar-refractivity contribution in [2.24, 2.45) is 5.73 Å². The highest BCUT2D eigenvalue weighted by Gasteiger charge is 2.22. The molecule has 1 aromatic rings. The topological polar surface area (TPSA) is 75.3 Å². The van der Waals surface area contributed by atoms with Gasteiger partial charge in [-0.2, -0.15) is 0 Å². The molecule has 1 amide bonds. The van der Waals surface area contributed by atoms with Crippen molar-refractivity contribution in [1.82, 2.24) is 5.32 Å². The van der Waals surface area contributed by atoms with Crippen LogP contribution in [0.5, 0.6) is 5.75 Å². The van der Waals surface area contributed by atoms with Crippen LogP contribution in [0.25, 0.3) is 0 Å². The van der Waals surface area contributed by atoms with Crippen LogP contribution < -0.4 is 11.1 Å². The fourth-order valence-electron chi connectivity index (χ4n) is 1.84. The van der Waals surface area contributed by atoms with Crippen LogP contribution >= 0.6 is 0 Å². The maximum atomic E-state index is 11.7. The lowest BCUT2D eigenvalue weighted by atomic mass is 9.92. The molecule has 4 heteroatoms. The minimum absolute atomic E-state index is 0.0808. The highest BCUT2D eigenvalue weighted by atomic mass is 16.3. The second-order valence-corrected chi connectivity index (χ2v) is 4.61. The molecule has 2 rings (SSSR count). The zero-order valence-electron chi connectivity index (χ0n) is 9.73. The first-order chi connectivity index (χ1) is 8.15. The van der Waals surface area contributed by atoms with Gasteiger partial charge in [0.15, 0.2) is 0 Å². The predicted octanol–water partition coefficient (Wildman–Crippen LogP) is 0.931. The van der Waals surface area contributed by atoms with Gasteiger partial charge < -0.3 is 16.2 Å². The van der Waals surface area contributed by atoms with Crippen LogP contribution in [0.15, 0.2) is 24.3 Å². The number of aromatic hydroxyl groups is 1. The second kappa shape index (κ2) is 5.19. The zero-order chi connectivity index (χ0) is 12.3. The van der Waals surface area contributed by atoms with Gasteiger partial charge in [-0.1, -0.05) is 12.1 Å². The number of carbonyl (C=O) groups excluding carboxylic acids is 1. The number of hydrogen-bond donors (Lipinski definition) is 3. The van der Waals surface area contributed by atoms with E-state index in [0.29, 0.717) is 12.5 Å². The smallest absolute Gasteiger partial charge is 0.237 e. The van der Waals surface area contributed by atoms with Crippen molar-refractivity contribution in [2.75, 3.05) is 0 Å². The van der Waals surface area contributed by atoms with E-state index in [4.69, 9.17) is 10.8 Å². The van der Waals surface area contributed by atoms with Gasteiger partial charge >= 0.3 is 0 Å². The number of phenolic OH excluding ortho intramolecular Hbond substituents is 1. The Balaban J connectivity index is 1.84. The molecule has 0 saturated heterocycles. The second-order valence-electron chi connectivity index (χ2n) is 4.61. The van der Waals surface area contributed by atoms with Gasteiger partial charge in [-0.3, -0.25) is 4.79 Å². The molecule has 0 radical (unpaired) electrons. The summed E-state index contributed by atoms with van der Waals surface area (Å²) in [5, 5.41) is 12.1. The van der Waals surface area contributed by atoms with Crippen LogP contribution in [-0.2, 0) is 11.2 Å². The summed E-state index contributed by atoms with van der Waals surface area (Å²) in [6.07, 6.45) is 3.83. The van der Waals surface area contributed by atoms with Crippen molar-refractivity contribution in [1.29, 1.82) is 0 Å². The zero-order valence-corrected chi connectivity index (χ0v) is 9.73. The van der Waals surface area contributed by atoms with Gasteiger partial charge in [0, 0.05) is 6.04 Å². The Bertz CT molecular complexity index is 385. The fraction of sp³-hybridized carbons (Fsp3) is 0.462. The lowest BCUT2D eigenvalue weighted by Crippen LogP contribution is -2.48. The fourth-order valence-corrected chi connectivity index (χ4v) is 1.84. The highest BCUT2D eigenvalue weighted by Crippen LogP contribution is 2.18. The van der Waals surface area contributed by atoms with Crippen molar-refractivity contribution in [3.05, 3.63) is 29.8 Å². The normalized spacial score (nSPS) is 17.2. The minimum Gasteiger partial charge on any atom is -0.508 e. The van der Waals surface area contributed by atoms with Crippen LogP contribution in [0.3, 0.4) is 0 Å². The van der Waals surface area contributed by atoms with Gasteiger partial charge in [-0.25, -0.2) is 0 Å². The van der Waals surface area contributed by atoms with E-state index in [2.05, 4.69) is 5.32 Å². The summed E-state index contributed by atoms with van der Waals surface area (Å²) >= 11 is 0. The molecular formula is C13H18N2O2. The molecule has 17 heavy (non-hydrogen) atoms. The quantitative estimate of drug-likeness (QED) is 0.725. The molecule has 1 aliphatic carbocycles. The SMILES string of the molecule is N[C@H](Cc1ccc(O)cc1)C(=O)NC1CCC1. The molecule has 1 aromatic carbocycles. The Morgan fingerprint density at radius 2 is 2.06 bits per heavy atom. The number of rotatable bonds is 4. The largest absolute Gasteiger partial charge is 0.508 e. The molecule has 0 aliphatic heterocycles. The molecule has 1 fully saturated rings. The van der Waals surface area contributed by atoms with Gasteiger partial charge in [0.1, 0.15) is 5.75 Å². The first-order valence-corrected chi connectivity index (χ1v) is 5.99. The summed E-state index contributed by atoms with van der Waals surface area (Å²) in [5.41, 5.74) is 6.80. The number of amides is 1. The Labute approximate surface area is 101 Å². The predicted molar refractivity (Wildman–Crippen MR) is 65.6 cm³/mol. The van der Waals surface area contributed by atoms with E-state index in [1.807, 2.05) is 0 Å². The molecule has 0 bridgehead atoms. The maximum absolute atomic E-state index is 11.7. The molecule has 4 nitrogen and oxygen atoms in total. The van der Waals surface area contributed by atoms with Crippen molar-refractivity contribution in [3.63, 3.8) is 0 Å². The number of phenols is 1. The average Bonchev–Trinajstić information content (AvgIpc) is 2.26. The van der Waals surface area contributed by atoms with Crippen molar-refractivity contribution >= 4 is 5.91 Å². The van der Waals surface area contributed by atoms with E-state index in [-0.39, 0.29) is 11.7 Å². The summed E-state index contributed by atoms with van der Waals surface area (Å²) < 4.78 is 0. The van der Waals surface area contributed by atoms with Crippen LogP contribution in [0.2, 0.25) is 0 Å². The van der Waals surface area contributed by atoms with Crippen LogP contribution in [0, 0.1) is 0 Å². The first-order valence-electron chi connectivity index (χ1n) is 5.99. The molecule has 1 atom stereocenters. The Morgan fingerprint density at radius 1 is 1.41 bits per heavy atom. The third kappa shape index (κ3) is 3.20. The minimum atomic E-state index is -0.514. The van der Waals surface area contributed by atoms with E-state index in [9.17, 15) is 4.79 Å². The molecule has 0 spiro atoms. The summed E-state index contributed by atoms with van der Waals surface area (Å²) in [7, 11) is 0. The van der Waals surface area contributed by atoms with Gasteiger partial charge in [-0.05, 0) is 43.4 Å². The van der Waals surface area contributed by atoms with E-state index >= 15 is 0 Å². The maximum Gasteiger partial charge on any atom is 0.237 e. The lowest BCUT2D eigenvalue weighted by Gasteiger charge is -2.27. The molecule has 1 saturated carbocycles. The van der Waals surface area contributed by atoms with Crippen molar-refractivity contribution in [3.8, 4) is 5.75 Å². The number of carbonyl (C=O) groups is 1. The Morgan fingerprint density at radius 3 is 2.59 bits per heavy atom. The van der Waals surface area contributed by atoms with Crippen LogP contribution in [0.1, 0.15) is 24.8 Å². The van der Waals surface area contributed by atoms with Gasteiger partial charge in [-0.15, -0.1) is 0 Å². The standard InChI is InChI=1S/C13H18N2O2/c14-12(13(17)15-10-2-1-3-10)8-9-4-6-11(16)7-5-9/h4-7,10,12,16H,1-3,8,14H2,(H,15,17)/t12-/m1/s1. The molecule has 92 valence electrons. The van der Waals surface area contributed by atoms with Gasteiger partial charge in [0.05, 0.1) is 6.04 Å². The Hall–Kier alpha value is -1.55. The molecule has 0 unspecified atom stereocenters. The summed E-state index contributed by atoms with van der Waals surface area (Å²) in [6, 6.07) is 6.59. The van der Waals surface area contributed by atoms with Crippen molar-refractivity contribution in [2.45, 2.75) is 37.8 Å². The molecule has 0 heterocycles. The molecule has 0 aromatic heterocycles. The number of nitrogens with one attached hydrogen (secondary N) is 1. The monoisotopic (exact) mass is 234 g/mol. The van der Waals surface area contributed by atoms with Crippen LogP contribution in [-0.4, -0.2) is 23.1 Å². The summed E-state index contributed by atoms with van der Waals surface area (Å²) in [5.74, 6) is 0.143. The van der Waals surface area contributed by atoms with E-state index in [0.717, 1.165) is 18.4 Å². The summed E-state index contributed by atoms with van der Waals surface area (Å²) in [4.78, 5) is 11.7. The van der Waals surface area contributed by atoms with E-state index in [1.165, 1.54) is 6.42 Å². The first kappa shape index (κ1) is 11.9. The lowest BCUT2D eigenvalue weighted by molar-refractivity contribution is -0.123. The van der Waals surface area contributed by atoms with Crippen LogP contribution in [0.4, 0.5) is 0 Å². The Kier molecular flexibility index (Phi) is 3.64. The number of nitrogens with two attached hydrogens (primary N) is 1. The van der Waals surface area contributed by atoms with Crippen molar-refractivity contribution < 1.29 is 9.90 Å². The third-order valence-electron chi connectivity index (χ3n) is 3.18. The number of benzene rings is 1.